The third kappa shape index (κ3) is 3.45. The van der Waals surface area contributed by atoms with Crippen molar-refractivity contribution in [2.75, 3.05) is 23.7 Å². The summed E-state index contributed by atoms with van der Waals surface area (Å²) in [5, 5.41) is 10.1. The number of nitrogens with zero attached hydrogens (tertiary/aromatic N) is 1. The van der Waals surface area contributed by atoms with Gasteiger partial charge < -0.3 is 15.7 Å². The number of thioether (sulfide) groups is 1. The lowest BCUT2D eigenvalue weighted by atomic mass is 9.93. The molecular formula is C15H22N2OS2. The Hall–Kier alpha value is -0.780. The van der Waals surface area contributed by atoms with E-state index in [-0.39, 0.29) is 0 Å². The summed E-state index contributed by atoms with van der Waals surface area (Å²) in [6.07, 6.45) is 1.55. The van der Waals surface area contributed by atoms with Gasteiger partial charge in [0, 0.05) is 29.2 Å². The first-order valence-electron chi connectivity index (χ1n) is 6.97. The zero-order valence-electron chi connectivity index (χ0n) is 12.1. The van der Waals surface area contributed by atoms with Gasteiger partial charge in [0.1, 0.15) is 4.99 Å². The topological polar surface area (TPSA) is 49.5 Å². The van der Waals surface area contributed by atoms with E-state index in [1.165, 1.54) is 0 Å². The molecule has 2 rings (SSSR count). The Morgan fingerprint density at radius 1 is 1.45 bits per heavy atom. The Kier molecular flexibility index (Phi) is 4.94. The Balaban J connectivity index is 2.32. The smallest absolute Gasteiger partial charge is 0.107 e. The molecule has 0 radical (unpaired) electrons. The standard InChI is InChI=1S/C15H22N2OS2/c1-3-20-12-6-4-5-11(13(12)14(16)19)17-9-7-15(2,18)8-10-17/h4-6,18H,3,7-10H2,1-2H3,(H2,16,19). The first kappa shape index (κ1) is 15.6. The molecule has 1 aromatic carbocycles. The van der Waals surface area contributed by atoms with Crippen LogP contribution in [0.2, 0.25) is 0 Å². The van der Waals surface area contributed by atoms with Crippen LogP contribution in [-0.2, 0) is 0 Å². The minimum atomic E-state index is -0.546. The molecule has 1 aliphatic heterocycles. The number of rotatable bonds is 4. The van der Waals surface area contributed by atoms with E-state index in [0.717, 1.165) is 47.8 Å². The van der Waals surface area contributed by atoms with E-state index in [4.69, 9.17) is 18.0 Å². The van der Waals surface area contributed by atoms with Gasteiger partial charge in [-0.15, -0.1) is 11.8 Å². The summed E-state index contributed by atoms with van der Waals surface area (Å²) < 4.78 is 0. The van der Waals surface area contributed by atoms with Gasteiger partial charge in [-0.3, -0.25) is 0 Å². The molecule has 0 spiro atoms. The average Bonchev–Trinajstić information content (AvgIpc) is 2.38. The highest BCUT2D eigenvalue weighted by molar-refractivity contribution is 7.99. The molecule has 0 saturated carbocycles. The maximum Gasteiger partial charge on any atom is 0.107 e. The van der Waals surface area contributed by atoms with E-state index in [1.54, 1.807) is 11.8 Å². The zero-order chi connectivity index (χ0) is 14.8. The second-order valence-corrected chi connectivity index (χ2v) is 7.18. The molecule has 1 fully saturated rings. The van der Waals surface area contributed by atoms with Gasteiger partial charge in [0.15, 0.2) is 0 Å². The zero-order valence-corrected chi connectivity index (χ0v) is 13.7. The van der Waals surface area contributed by atoms with Crippen LogP contribution in [0.3, 0.4) is 0 Å². The number of piperidine rings is 1. The van der Waals surface area contributed by atoms with E-state index in [1.807, 2.05) is 6.92 Å². The van der Waals surface area contributed by atoms with Crippen molar-refractivity contribution in [1.82, 2.24) is 0 Å². The van der Waals surface area contributed by atoms with Gasteiger partial charge in [-0.2, -0.15) is 0 Å². The largest absolute Gasteiger partial charge is 0.390 e. The average molecular weight is 310 g/mol. The third-order valence-electron chi connectivity index (χ3n) is 3.73. The van der Waals surface area contributed by atoms with Crippen molar-refractivity contribution in [2.45, 2.75) is 37.2 Å². The summed E-state index contributed by atoms with van der Waals surface area (Å²) in [6.45, 7) is 5.70. The Labute approximate surface area is 130 Å². The SMILES string of the molecule is CCSc1cccc(N2CCC(C)(O)CC2)c1C(N)=S. The fourth-order valence-electron chi connectivity index (χ4n) is 2.54. The molecule has 1 saturated heterocycles. The van der Waals surface area contributed by atoms with Crippen molar-refractivity contribution < 1.29 is 5.11 Å². The molecule has 3 N–H and O–H groups in total. The van der Waals surface area contributed by atoms with Crippen molar-refractivity contribution in [1.29, 1.82) is 0 Å². The van der Waals surface area contributed by atoms with Gasteiger partial charge in [0.05, 0.1) is 5.60 Å². The molecule has 1 aliphatic rings. The predicted molar refractivity (Wildman–Crippen MR) is 90.8 cm³/mol. The quantitative estimate of drug-likeness (QED) is 0.661. The van der Waals surface area contributed by atoms with E-state index in [0.29, 0.717) is 4.99 Å². The molecule has 0 aliphatic carbocycles. The monoisotopic (exact) mass is 310 g/mol. The number of hydrogen-bond donors (Lipinski definition) is 2. The molecule has 0 unspecified atom stereocenters. The van der Waals surface area contributed by atoms with Crippen LogP contribution in [0.1, 0.15) is 32.3 Å². The molecule has 0 bridgehead atoms. The van der Waals surface area contributed by atoms with Crippen LogP contribution in [0.15, 0.2) is 23.1 Å². The Bertz CT molecular complexity index is 493. The molecule has 3 nitrogen and oxygen atoms in total. The van der Waals surface area contributed by atoms with Gasteiger partial charge >= 0.3 is 0 Å². The minimum absolute atomic E-state index is 0.453. The number of nitrogens with two attached hydrogens (primary N) is 1. The van der Waals surface area contributed by atoms with Crippen molar-refractivity contribution >= 4 is 34.7 Å². The van der Waals surface area contributed by atoms with Crippen LogP contribution >= 0.6 is 24.0 Å². The van der Waals surface area contributed by atoms with E-state index in [2.05, 4.69) is 30.0 Å². The van der Waals surface area contributed by atoms with E-state index >= 15 is 0 Å². The fraction of sp³-hybridized carbons (Fsp3) is 0.533. The fourth-order valence-corrected chi connectivity index (χ4v) is 3.66. The van der Waals surface area contributed by atoms with Gasteiger partial charge in [0.2, 0.25) is 0 Å². The Morgan fingerprint density at radius 3 is 2.65 bits per heavy atom. The van der Waals surface area contributed by atoms with Crippen LogP contribution in [0, 0.1) is 0 Å². The molecule has 0 amide bonds. The summed E-state index contributed by atoms with van der Waals surface area (Å²) in [7, 11) is 0. The van der Waals surface area contributed by atoms with Crippen LogP contribution in [0.4, 0.5) is 5.69 Å². The number of hydrogen-bond acceptors (Lipinski definition) is 4. The molecule has 0 atom stereocenters. The van der Waals surface area contributed by atoms with Crippen molar-refractivity contribution in [3.05, 3.63) is 23.8 Å². The predicted octanol–water partition coefficient (Wildman–Crippen LogP) is 2.78. The Morgan fingerprint density at radius 2 is 2.10 bits per heavy atom. The normalized spacial score (nSPS) is 18.1. The van der Waals surface area contributed by atoms with Crippen LogP contribution in [0.25, 0.3) is 0 Å². The van der Waals surface area contributed by atoms with Crippen molar-refractivity contribution in [3.63, 3.8) is 0 Å². The van der Waals surface area contributed by atoms with E-state index < -0.39 is 5.60 Å². The number of benzene rings is 1. The van der Waals surface area contributed by atoms with Crippen molar-refractivity contribution in [2.24, 2.45) is 5.73 Å². The lowest BCUT2D eigenvalue weighted by Crippen LogP contribution is -2.43. The molecular weight excluding hydrogens is 288 g/mol. The first-order chi connectivity index (χ1) is 9.44. The maximum absolute atomic E-state index is 10.1. The molecule has 5 heteroatoms. The molecule has 1 heterocycles. The maximum atomic E-state index is 10.1. The lowest BCUT2D eigenvalue weighted by Gasteiger charge is -2.38. The van der Waals surface area contributed by atoms with Gasteiger partial charge in [-0.05, 0) is 37.7 Å². The van der Waals surface area contributed by atoms with E-state index in [9.17, 15) is 5.11 Å². The summed E-state index contributed by atoms with van der Waals surface area (Å²) in [6, 6.07) is 6.21. The summed E-state index contributed by atoms with van der Waals surface area (Å²) in [4.78, 5) is 3.88. The second-order valence-electron chi connectivity index (χ2n) is 5.43. The summed E-state index contributed by atoms with van der Waals surface area (Å²) in [5.41, 5.74) is 7.49. The third-order valence-corrected chi connectivity index (χ3v) is 4.88. The highest BCUT2D eigenvalue weighted by Crippen LogP contribution is 2.33. The first-order valence-corrected chi connectivity index (χ1v) is 8.37. The summed E-state index contributed by atoms with van der Waals surface area (Å²) >= 11 is 7.02. The number of anilines is 1. The number of aliphatic hydroxyl groups is 1. The highest BCUT2D eigenvalue weighted by Gasteiger charge is 2.28. The molecule has 20 heavy (non-hydrogen) atoms. The van der Waals surface area contributed by atoms with Crippen LogP contribution in [0.5, 0.6) is 0 Å². The van der Waals surface area contributed by atoms with Gasteiger partial charge in [0.25, 0.3) is 0 Å². The second kappa shape index (κ2) is 6.33. The van der Waals surface area contributed by atoms with Gasteiger partial charge in [-0.1, -0.05) is 25.2 Å². The lowest BCUT2D eigenvalue weighted by molar-refractivity contribution is 0.0351. The minimum Gasteiger partial charge on any atom is -0.390 e. The molecule has 1 aromatic rings. The van der Waals surface area contributed by atoms with Crippen molar-refractivity contribution in [3.8, 4) is 0 Å². The molecule has 110 valence electrons. The highest BCUT2D eigenvalue weighted by atomic mass is 32.2. The van der Waals surface area contributed by atoms with Crippen LogP contribution in [-0.4, -0.2) is 34.5 Å². The molecule has 0 aromatic heterocycles. The summed E-state index contributed by atoms with van der Waals surface area (Å²) in [5.74, 6) is 0.994. The number of thiocarbonyl (C=S) groups is 1. The van der Waals surface area contributed by atoms with Crippen LogP contribution < -0.4 is 10.6 Å². The van der Waals surface area contributed by atoms with Gasteiger partial charge in [-0.25, -0.2) is 0 Å².